The van der Waals surface area contributed by atoms with E-state index >= 15 is 0 Å². The third-order valence-electron chi connectivity index (χ3n) is 9.77. The van der Waals surface area contributed by atoms with Crippen LogP contribution in [0, 0.1) is 29.1 Å². The maximum atomic E-state index is 10.6. The minimum Gasteiger partial charge on any atom is -0.393 e. The Hall–Kier alpha value is -0.680. The fourth-order valence-corrected chi connectivity index (χ4v) is 7.58. The van der Waals surface area contributed by atoms with Gasteiger partial charge in [-0.25, -0.2) is 0 Å². The first-order valence-corrected chi connectivity index (χ1v) is 13.3. The number of hydrogen-bond acceptors (Lipinski definition) is 4. The summed E-state index contributed by atoms with van der Waals surface area (Å²) in [5.74, 6) is 2.54. The van der Waals surface area contributed by atoms with E-state index in [1.54, 1.807) is 5.57 Å². The Labute approximate surface area is 195 Å². The lowest BCUT2D eigenvalue weighted by Gasteiger charge is -2.50. The minimum atomic E-state index is -0.463. The van der Waals surface area contributed by atoms with Crippen molar-refractivity contribution in [2.24, 2.45) is 29.1 Å². The molecule has 3 aliphatic carbocycles. The molecule has 1 saturated heterocycles. The van der Waals surface area contributed by atoms with Crippen LogP contribution in [-0.2, 0) is 0 Å². The number of likely N-dealkylation sites (tertiary alicyclic amines) is 1. The molecule has 3 N–H and O–H groups in total. The highest BCUT2D eigenvalue weighted by Gasteiger charge is 2.51. The summed E-state index contributed by atoms with van der Waals surface area (Å²) in [7, 11) is 0. The molecule has 1 heterocycles. The highest BCUT2D eigenvalue weighted by molar-refractivity contribution is 5.26. The molecule has 0 radical (unpaired) electrons. The molecule has 0 bridgehead atoms. The van der Waals surface area contributed by atoms with Crippen LogP contribution in [0.2, 0.25) is 0 Å². The Kier molecular flexibility index (Phi) is 7.27. The number of hydrogen-bond donors (Lipinski definition) is 3. The first-order chi connectivity index (χ1) is 15.1. The first kappa shape index (κ1) is 24.4. The van der Waals surface area contributed by atoms with Crippen LogP contribution < -0.4 is 0 Å². The second kappa shape index (κ2) is 9.52. The molecule has 4 heteroatoms. The molecule has 32 heavy (non-hydrogen) atoms. The van der Waals surface area contributed by atoms with E-state index < -0.39 is 5.60 Å². The van der Waals surface area contributed by atoms with Crippen molar-refractivity contribution >= 4 is 0 Å². The van der Waals surface area contributed by atoms with Crippen molar-refractivity contribution < 1.29 is 15.3 Å². The summed E-state index contributed by atoms with van der Waals surface area (Å²) in [6, 6.07) is 0. The van der Waals surface area contributed by atoms with Crippen molar-refractivity contribution in [1.82, 2.24) is 4.90 Å². The summed E-state index contributed by atoms with van der Waals surface area (Å²) >= 11 is 0. The van der Waals surface area contributed by atoms with Crippen molar-refractivity contribution in [3.05, 3.63) is 23.3 Å². The Morgan fingerprint density at radius 1 is 1.06 bits per heavy atom. The smallest absolute Gasteiger partial charge is 0.0922 e. The average Bonchev–Trinajstić information content (AvgIpc) is 3.05. The van der Waals surface area contributed by atoms with Gasteiger partial charge in [-0.15, -0.1) is 0 Å². The normalized spacial score (nSPS) is 39.8. The number of aliphatic hydroxyl groups excluding tert-OH is 2. The van der Waals surface area contributed by atoms with E-state index in [9.17, 15) is 15.3 Å². The van der Waals surface area contributed by atoms with Gasteiger partial charge in [-0.2, -0.15) is 0 Å². The Morgan fingerprint density at radius 3 is 2.41 bits per heavy atom. The molecule has 4 rings (SSSR count). The lowest BCUT2D eigenvalue weighted by Crippen LogP contribution is -2.64. The number of nitrogens with zero attached hydrogens (tertiary/aromatic N) is 1. The molecule has 0 amide bonds. The summed E-state index contributed by atoms with van der Waals surface area (Å²) in [6.45, 7) is 12.1. The largest absolute Gasteiger partial charge is 0.393 e. The van der Waals surface area contributed by atoms with Gasteiger partial charge in [0.25, 0.3) is 0 Å². The van der Waals surface area contributed by atoms with Gasteiger partial charge in [0.15, 0.2) is 0 Å². The molecule has 3 saturated carbocycles. The average molecular weight is 446 g/mol. The molecule has 0 aromatic rings. The van der Waals surface area contributed by atoms with Crippen LogP contribution in [0.4, 0.5) is 0 Å². The van der Waals surface area contributed by atoms with Gasteiger partial charge >= 0.3 is 0 Å². The fraction of sp³-hybridized carbons (Fsp3) is 0.857. The molecule has 182 valence electrons. The van der Waals surface area contributed by atoms with E-state index in [0.29, 0.717) is 36.5 Å². The van der Waals surface area contributed by atoms with Gasteiger partial charge in [-0.05, 0) is 93.4 Å². The Bertz CT molecular complexity index is 710. The van der Waals surface area contributed by atoms with Crippen LogP contribution in [0.1, 0.15) is 85.5 Å². The summed E-state index contributed by atoms with van der Waals surface area (Å²) in [5, 5.41) is 30.6. The molecular weight excluding hydrogens is 398 g/mol. The number of allylic oxidation sites excluding steroid dienone is 3. The van der Waals surface area contributed by atoms with Crippen molar-refractivity contribution in [1.29, 1.82) is 0 Å². The second-order valence-corrected chi connectivity index (χ2v) is 12.3. The third kappa shape index (κ3) is 4.89. The first-order valence-electron chi connectivity index (χ1n) is 13.3. The second-order valence-electron chi connectivity index (χ2n) is 12.3. The zero-order valence-electron chi connectivity index (χ0n) is 20.9. The standard InChI is InChI=1S/C28H47NO3/c1-19(2)28(32)17-29(18-28)13-11-20(3)25-9-10-26-22(6-5-12-27(25,26)4)8-7-21-14-23(30)16-24(31)15-21/h7-8,19-20,23-26,30-32H,5-6,9-18H2,1-4H3/b22-8+/t20-,23-,24-,25-,26+,27-/m1/s1. The minimum absolute atomic E-state index is 0.341. The summed E-state index contributed by atoms with van der Waals surface area (Å²) in [4.78, 5) is 2.44. The number of aliphatic hydroxyl groups is 3. The highest BCUT2D eigenvalue weighted by atomic mass is 16.3. The zero-order valence-corrected chi connectivity index (χ0v) is 20.9. The highest BCUT2D eigenvalue weighted by Crippen LogP contribution is 2.59. The fourth-order valence-electron chi connectivity index (χ4n) is 7.58. The van der Waals surface area contributed by atoms with E-state index in [0.717, 1.165) is 31.5 Å². The predicted molar refractivity (Wildman–Crippen MR) is 130 cm³/mol. The number of fused-ring (bicyclic) bond motifs is 1. The molecule has 0 unspecified atom stereocenters. The number of rotatable bonds is 6. The summed E-state index contributed by atoms with van der Waals surface area (Å²) in [5.41, 5.74) is 2.76. The molecule has 6 atom stereocenters. The molecule has 4 fully saturated rings. The molecule has 4 nitrogen and oxygen atoms in total. The Morgan fingerprint density at radius 2 is 1.75 bits per heavy atom. The van der Waals surface area contributed by atoms with Gasteiger partial charge in [-0.3, -0.25) is 4.90 Å². The van der Waals surface area contributed by atoms with Crippen LogP contribution in [0.15, 0.2) is 23.3 Å². The maximum absolute atomic E-state index is 10.6. The van der Waals surface area contributed by atoms with Crippen molar-refractivity contribution in [3.8, 4) is 0 Å². The van der Waals surface area contributed by atoms with Gasteiger partial charge in [0.2, 0.25) is 0 Å². The maximum Gasteiger partial charge on any atom is 0.0922 e. The summed E-state index contributed by atoms with van der Waals surface area (Å²) in [6.07, 6.45) is 13.5. The third-order valence-corrected chi connectivity index (χ3v) is 9.77. The molecule has 1 aliphatic heterocycles. The number of β-amino-alcohol motifs (C(OH)–C–C–N with tert-alkyl or cyclic N) is 1. The zero-order chi connectivity index (χ0) is 23.1. The molecule has 0 aromatic heterocycles. The van der Waals surface area contributed by atoms with E-state index in [4.69, 9.17) is 0 Å². The van der Waals surface area contributed by atoms with E-state index in [-0.39, 0.29) is 12.2 Å². The van der Waals surface area contributed by atoms with Crippen LogP contribution in [-0.4, -0.2) is 57.7 Å². The van der Waals surface area contributed by atoms with Crippen molar-refractivity contribution in [2.75, 3.05) is 19.6 Å². The van der Waals surface area contributed by atoms with Crippen LogP contribution in [0.5, 0.6) is 0 Å². The molecule has 0 spiro atoms. The van der Waals surface area contributed by atoms with Gasteiger partial charge < -0.3 is 15.3 Å². The Balaban J connectivity index is 1.36. The van der Waals surface area contributed by atoms with Gasteiger partial charge in [-0.1, -0.05) is 51.0 Å². The lowest BCUT2D eigenvalue weighted by atomic mass is 9.61. The summed E-state index contributed by atoms with van der Waals surface area (Å²) < 4.78 is 0. The van der Waals surface area contributed by atoms with E-state index in [1.807, 2.05) is 0 Å². The topological polar surface area (TPSA) is 63.9 Å². The molecule has 0 aromatic carbocycles. The lowest BCUT2D eigenvalue weighted by molar-refractivity contribution is -0.129. The monoisotopic (exact) mass is 445 g/mol. The van der Waals surface area contributed by atoms with Crippen molar-refractivity contribution in [2.45, 2.75) is 103 Å². The van der Waals surface area contributed by atoms with E-state index in [2.05, 4.69) is 44.7 Å². The van der Waals surface area contributed by atoms with Crippen LogP contribution in [0.3, 0.4) is 0 Å². The van der Waals surface area contributed by atoms with Gasteiger partial charge in [0.05, 0.1) is 17.8 Å². The SMILES string of the molecule is CC(C)C1(O)CN(CC[C@@H](C)[C@H]2CC[C@H]3/C(=C/C=C4C[C@@H](O)C[C@H](O)C4)CCC[C@]23C)C1. The van der Waals surface area contributed by atoms with Gasteiger partial charge in [0.1, 0.15) is 0 Å². The molecular formula is C28H47NO3. The predicted octanol–water partition coefficient (Wildman–Crippen LogP) is 4.69. The molecule has 4 aliphatic rings. The van der Waals surface area contributed by atoms with Gasteiger partial charge in [0, 0.05) is 13.1 Å². The van der Waals surface area contributed by atoms with Crippen LogP contribution in [0.25, 0.3) is 0 Å². The quantitative estimate of drug-likeness (QED) is 0.555. The van der Waals surface area contributed by atoms with Crippen LogP contribution >= 0.6 is 0 Å². The van der Waals surface area contributed by atoms with Crippen molar-refractivity contribution in [3.63, 3.8) is 0 Å². The van der Waals surface area contributed by atoms with E-state index in [1.165, 1.54) is 44.1 Å².